The van der Waals surface area contributed by atoms with Crippen LogP contribution in [0.1, 0.15) is 33.1 Å². The Morgan fingerprint density at radius 3 is 2.72 bits per heavy atom. The van der Waals surface area contributed by atoms with Crippen LogP contribution in [0, 0.1) is 0 Å². The number of nitrogens with zero attached hydrogens (tertiary/aromatic N) is 7. The third-order valence-electron chi connectivity index (χ3n) is 6.92. The van der Waals surface area contributed by atoms with E-state index in [-0.39, 0.29) is 6.04 Å². The molecule has 3 aliphatic rings. The van der Waals surface area contributed by atoms with Gasteiger partial charge < -0.3 is 25.1 Å². The van der Waals surface area contributed by atoms with E-state index in [0.717, 1.165) is 75.9 Å². The Labute approximate surface area is 190 Å². The van der Waals surface area contributed by atoms with Crippen molar-refractivity contribution in [3.8, 4) is 0 Å². The zero-order valence-electron chi connectivity index (χ0n) is 19.1. The third-order valence-corrected chi connectivity index (χ3v) is 6.92. The molecule has 2 N–H and O–H groups in total. The third kappa shape index (κ3) is 4.19. The maximum absolute atomic E-state index is 11.2. The number of hydrogen-bond acceptors (Lipinski definition) is 9. The summed E-state index contributed by atoms with van der Waals surface area (Å²) in [5.41, 5.74) is 1.10. The van der Waals surface area contributed by atoms with Gasteiger partial charge in [-0.2, -0.15) is 0 Å². The van der Waals surface area contributed by atoms with E-state index in [1.807, 2.05) is 0 Å². The van der Waals surface area contributed by atoms with Gasteiger partial charge in [-0.1, -0.05) is 0 Å². The molecule has 1 unspecified atom stereocenters. The van der Waals surface area contributed by atoms with Crippen LogP contribution in [-0.4, -0.2) is 82.7 Å². The first-order valence-electron chi connectivity index (χ1n) is 11.8. The molecular formula is C23H34N8O. The van der Waals surface area contributed by atoms with E-state index in [4.69, 9.17) is 4.98 Å². The lowest BCUT2D eigenvalue weighted by Gasteiger charge is -2.48. The number of aliphatic hydroxyl groups is 1. The highest BCUT2D eigenvalue weighted by Gasteiger charge is 2.38. The van der Waals surface area contributed by atoms with Crippen LogP contribution in [0.15, 0.2) is 30.7 Å². The van der Waals surface area contributed by atoms with Gasteiger partial charge in [-0.3, -0.25) is 4.90 Å². The molecule has 9 nitrogen and oxygen atoms in total. The minimum Gasteiger partial charge on any atom is -0.366 e. The molecule has 5 heterocycles. The molecule has 0 aromatic carbocycles. The summed E-state index contributed by atoms with van der Waals surface area (Å²) in [6.45, 7) is 10.6. The van der Waals surface area contributed by atoms with Crippen molar-refractivity contribution in [3.63, 3.8) is 0 Å². The van der Waals surface area contributed by atoms with Gasteiger partial charge in [0.25, 0.3) is 0 Å². The molecule has 2 saturated heterocycles. The summed E-state index contributed by atoms with van der Waals surface area (Å²) >= 11 is 0. The van der Waals surface area contributed by atoms with E-state index in [2.05, 4.69) is 60.9 Å². The maximum Gasteiger partial charge on any atom is 0.208 e. The second-order valence-electron chi connectivity index (χ2n) is 9.24. The molecule has 0 spiro atoms. The number of rotatable bonds is 5. The molecule has 32 heavy (non-hydrogen) atoms. The van der Waals surface area contributed by atoms with Gasteiger partial charge in [0.05, 0.1) is 11.7 Å². The summed E-state index contributed by atoms with van der Waals surface area (Å²) in [4.78, 5) is 22.7. The summed E-state index contributed by atoms with van der Waals surface area (Å²) in [6.07, 6.45) is 5.53. The van der Waals surface area contributed by atoms with Crippen LogP contribution in [0.2, 0.25) is 0 Å². The predicted octanol–water partition coefficient (Wildman–Crippen LogP) is 1.97. The Balaban J connectivity index is 1.43. The molecule has 0 radical (unpaired) electrons. The van der Waals surface area contributed by atoms with Crippen molar-refractivity contribution in [1.29, 1.82) is 0 Å². The van der Waals surface area contributed by atoms with Crippen LogP contribution in [-0.2, 0) is 0 Å². The van der Waals surface area contributed by atoms with Crippen molar-refractivity contribution in [3.05, 3.63) is 30.7 Å². The largest absolute Gasteiger partial charge is 0.366 e. The average molecular weight is 439 g/mol. The standard InChI is InChI=1S/C23H34N8O/c1-17(2)28-11-4-12-29(14-13-28)21-7-6-19-22(27-21)31(18-5-3-10-30(19)15-18)23(32)26-20-8-9-24-16-25-20/h6-9,16-18,23,32H,3-5,10-15H2,1-2H3,(H,24,25,26)/t18-,23?/m0/s1. The molecule has 0 aliphatic carbocycles. The summed E-state index contributed by atoms with van der Waals surface area (Å²) in [7, 11) is 0. The van der Waals surface area contributed by atoms with Crippen molar-refractivity contribution in [2.45, 2.75) is 51.5 Å². The number of aliphatic hydroxyl groups excluding tert-OH is 1. The SMILES string of the molecule is CC(C)N1CCCN(c2ccc3c(n2)N(C(O)Nc2ccncn2)[C@H]2CCCN3C2)CC1. The minimum absolute atomic E-state index is 0.212. The summed E-state index contributed by atoms with van der Waals surface area (Å²) in [6, 6.07) is 6.89. The molecule has 0 saturated carbocycles. The van der Waals surface area contributed by atoms with E-state index in [0.29, 0.717) is 11.9 Å². The minimum atomic E-state index is -0.905. The molecule has 3 aliphatic heterocycles. The molecule has 2 aromatic heterocycles. The normalized spacial score (nSPS) is 22.5. The van der Waals surface area contributed by atoms with Gasteiger partial charge in [0, 0.05) is 51.5 Å². The first kappa shape index (κ1) is 21.2. The average Bonchev–Trinajstić information content (AvgIpc) is 3.06. The summed E-state index contributed by atoms with van der Waals surface area (Å²) < 4.78 is 0. The molecule has 2 atom stereocenters. The topological polar surface area (TPSA) is 83.9 Å². The Morgan fingerprint density at radius 2 is 1.91 bits per heavy atom. The summed E-state index contributed by atoms with van der Waals surface area (Å²) in [5.74, 6) is 2.46. The fraction of sp³-hybridized carbons (Fsp3) is 0.609. The van der Waals surface area contributed by atoms with Gasteiger partial charge in [0.2, 0.25) is 6.35 Å². The van der Waals surface area contributed by atoms with E-state index < -0.39 is 6.35 Å². The number of aromatic nitrogens is 3. The monoisotopic (exact) mass is 438 g/mol. The molecule has 5 rings (SSSR count). The molecule has 172 valence electrons. The number of anilines is 4. The first-order chi connectivity index (χ1) is 15.6. The second kappa shape index (κ2) is 9.07. The van der Waals surface area contributed by atoms with Crippen LogP contribution in [0.5, 0.6) is 0 Å². The fourth-order valence-electron chi connectivity index (χ4n) is 5.19. The maximum atomic E-state index is 11.2. The van der Waals surface area contributed by atoms with Gasteiger partial charge >= 0.3 is 0 Å². The number of nitrogens with one attached hydrogen (secondary N) is 1. The Morgan fingerprint density at radius 1 is 1.03 bits per heavy atom. The molecule has 2 aromatic rings. The van der Waals surface area contributed by atoms with Gasteiger partial charge in [-0.15, -0.1) is 0 Å². The Hall–Kier alpha value is -2.65. The van der Waals surface area contributed by atoms with Crippen molar-refractivity contribution >= 4 is 23.1 Å². The van der Waals surface area contributed by atoms with E-state index >= 15 is 0 Å². The Bertz CT molecular complexity index is 910. The van der Waals surface area contributed by atoms with Crippen LogP contribution in [0.25, 0.3) is 0 Å². The van der Waals surface area contributed by atoms with Crippen molar-refractivity contribution < 1.29 is 5.11 Å². The highest BCUT2D eigenvalue weighted by Crippen LogP contribution is 2.40. The highest BCUT2D eigenvalue weighted by molar-refractivity contribution is 5.74. The zero-order valence-corrected chi connectivity index (χ0v) is 19.1. The number of hydrogen-bond donors (Lipinski definition) is 2. The molecule has 2 bridgehead atoms. The van der Waals surface area contributed by atoms with Crippen LogP contribution < -0.4 is 20.0 Å². The molecular weight excluding hydrogens is 404 g/mol. The smallest absolute Gasteiger partial charge is 0.208 e. The molecule has 0 amide bonds. The summed E-state index contributed by atoms with van der Waals surface area (Å²) in [5, 5.41) is 14.3. The van der Waals surface area contributed by atoms with Crippen molar-refractivity contribution in [2.75, 3.05) is 59.3 Å². The van der Waals surface area contributed by atoms with E-state index in [1.165, 1.54) is 6.33 Å². The second-order valence-corrected chi connectivity index (χ2v) is 9.24. The van der Waals surface area contributed by atoms with Gasteiger partial charge in [0.15, 0.2) is 5.82 Å². The Kier molecular flexibility index (Phi) is 6.01. The van der Waals surface area contributed by atoms with Crippen LogP contribution >= 0.6 is 0 Å². The molecule has 9 heteroatoms. The van der Waals surface area contributed by atoms with E-state index in [1.54, 1.807) is 12.3 Å². The van der Waals surface area contributed by atoms with Crippen molar-refractivity contribution in [2.24, 2.45) is 0 Å². The van der Waals surface area contributed by atoms with Crippen molar-refractivity contribution in [1.82, 2.24) is 19.9 Å². The molecule has 2 fully saturated rings. The van der Waals surface area contributed by atoms with Gasteiger partial charge in [-0.25, -0.2) is 15.0 Å². The van der Waals surface area contributed by atoms with Gasteiger partial charge in [0.1, 0.15) is 18.0 Å². The first-order valence-corrected chi connectivity index (χ1v) is 11.8. The lowest BCUT2D eigenvalue weighted by atomic mass is 10.00. The van der Waals surface area contributed by atoms with Gasteiger partial charge in [-0.05, 0) is 51.3 Å². The fourth-order valence-corrected chi connectivity index (χ4v) is 5.19. The highest BCUT2D eigenvalue weighted by atomic mass is 16.3. The van der Waals surface area contributed by atoms with E-state index in [9.17, 15) is 5.11 Å². The van der Waals surface area contributed by atoms with Crippen LogP contribution in [0.3, 0.4) is 0 Å². The quantitative estimate of drug-likeness (QED) is 0.681. The number of piperidine rings is 1. The number of fused-ring (bicyclic) bond motifs is 4. The van der Waals surface area contributed by atoms with Crippen LogP contribution in [0.4, 0.5) is 23.1 Å². The lowest BCUT2D eigenvalue weighted by Crippen LogP contribution is -2.58. The lowest BCUT2D eigenvalue weighted by molar-refractivity contribution is 0.176. The zero-order chi connectivity index (χ0) is 22.1. The predicted molar refractivity (Wildman–Crippen MR) is 127 cm³/mol. The number of pyridine rings is 1.